The van der Waals surface area contributed by atoms with Crippen molar-refractivity contribution in [2.75, 3.05) is 22.9 Å². The first kappa shape index (κ1) is 14.6. The van der Waals surface area contributed by atoms with Crippen molar-refractivity contribution in [2.45, 2.75) is 37.8 Å². The second-order valence-corrected chi connectivity index (χ2v) is 6.85. The predicted molar refractivity (Wildman–Crippen MR) is 95.8 cm³/mol. The van der Waals surface area contributed by atoms with Gasteiger partial charge in [-0.05, 0) is 43.9 Å². The minimum Gasteiger partial charge on any atom is -0.350 e. The SMILES string of the molecule is c1ccn2c(N3CCC(N(c4ccncn4)C4CC4)CC3)nnc2c1. The van der Waals surface area contributed by atoms with Gasteiger partial charge >= 0.3 is 0 Å². The fourth-order valence-corrected chi connectivity index (χ4v) is 3.85. The highest BCUT2D eigenvalue weighted by Gasteiger charge is 2.36. The van der Waals surface area contributed by atoms with Gasteiger partial charge in [0.1, 0.15) is 12.1 Å². The molecule has 0 unspecified atom stereocenters. The standard InChI is InChI=1S/C18H21N7/c1-2-10-24-17(3-1)21-22-18(24)23-11-7-15(8-12-23)25(14-4-5-14)16-6-9-19-13-20-16/h1-3,6,9-10,13-15H,4-5,7-8,11-12H2. The van der Waals surface area contributed by atoms with E-state index in [0.29, 0.717) is 12.1 Å². The van der Waals surface area contributed by atoms with Crippen molar-refractivity contribution >= 4 is 17.4 Å². The molecular weight excluding hydrogens is 314 g/mol. The summed E-state index contributed by atoms with van der Waals surface area (Å²) in [4.78, 5) is 13.4. The highest BCUT2D eigenvalue weighted by atomic mass is 15.4. The van der Waals surface area contributed by atoms with Gasteiger partial charge in [0.25, 0.3) is 0 Å². The third-order valence-corrected chi connectivity index (χ3v) is 5.21. The Hall–Kier alpha value is -2.70. The summed E-state index contributed by atoms with van der Waals surface area (Å²) in [7, 11) is 0. The van der Waals surface area contributed by atoms with Crippen LogP contribution in [0.1, 0.15) is 25.7 Å². The first-order valence-corrected chi connectivity index (χ1v) is 8.99. The number of aromatic nitrogens is 5. The van der Waals surface area contributed by atoms with Gasteiger partial charge in [0.15, 0.2) is 5.65 Å². The van der Waals surface area contributed by atoms with Crippen LogP contribution in [-0.2, 0) is 0 Å². The smallest absolute Gasteiger partial charge is 0.231 e. The lowest BCUT2D eigenvalue weighted by atomic mass is 10.0. The molecule has 0 amide bonds. The summed E-state index contributed by atoms with van der Waals surface area (Å²) in [5.41, 5.74) is 0.903. The molecule has 5 rings (SSSR count). The van der Waals surface area contributed by atoms with Crippen LogP contribution in [0.3, 0.4) is 0 Å². The van der Waals surface area contributed by atoms with E-state index in [-0.39, 0.29) is 0 Å². The molecule has 0 aromatic carbocycles. The molecule has 0 atom stereocenters. The van der Waals surface area contributed by atoms with E-state index < -0.39 is 0 Å². The zero-order chi connectivity index (χ0) is 16.6. The topological polar surface area (TPSA) is 62.5 Å². The Morgan fingerprint density at radius 1 is 0.960 bits per heavy atom. The molecule has 7 heteroatoms. The van der Waals surface area contributed by atoms with Crippen LogP contribution < -0.4 is 9.80 Å². The van der Waals surface area contributed by atoms with E-state index in [1.807, 2.05) is 36.7 Å². The summed E-state index contributed by atoms with van der Waals surface area (Å²) in [5, 5.41) is 8.68. The van der Waals surface area contributed by atoms with E-state index in [1.165, 1.54) is 12.8 Å². The van der Waals surface area contributed by atoms with Crippen LogP contribution in [-0.4, -0.2) is 49.7 Å². The number of pyridine rings is 1. The second-order valence-electron chi connectivity index (χ2n) is 6.85. The molecule has 0 bridgehead atoms. The van der Waals surface area contributed by atoms with Gasteiger partial charge in [-0.15, -0.1) is 10.2 Å². The zero-order valence-electron chi connectivity index (χ0n) is 14.1. The number of hydrogen-bond acceptors (Lipinski definition) is 6. The van der Waals surface area contributed by atoms with Crippen LogP contribution in [0.2, 0.25) is 0 Å². The van der Waals surface area contributed by atoms with Gasteiger partial charge in [-0.25, -0.2) is 9.97 Å². The van der Waals surface area contributed by atoms with Gasteiger partial charge in [0.05, 0.1) is 0 Å². The minimum atomic E-state index is 0.540. The summed E-state index contributed by atoms with van der Waals surface area (Å²) in [5.74, 6) is 2.03. The van der Waals surface area contributed by atoms with Crippen LogP contribution >= 0.6 is 0 Å². The summed E-state index contributed by atoms with van der Waals surface area (Å²) in [6.45, 7) is 1.99. The Morgan fingerprint density at radius 2 is 1.80 bits per heavy atom. The molecule has 3 aromatic rings. The predicted octanol–water partition coefficient (Wildman–Crippen LogP) is 2.16. The lowest BCUT2D eigenvalue weighted by molar-refractivity contribution is 0.454. The third-order valence-electron chi connectivity index (χ3n) is 5.21. The van der Waals surface area contributed by atoms with Crippen molar-refractivity contribution in [3.63, 3.8) is 0 Å². The third kappa shape index (κ3) is 2.69. The number of fused-ring (bicyclic) bond motifs is 1. The highest BCUT2D eigenvalue weighted by Crippen LogP contribution is 2.35. The van der Waals surface area contributed by atoms with Gasteiger partial charge in [-0.3, -0.25) is 4.40 Å². The number of rotatable bonds is 4. The Kier molecular flexibility index (Phi) is 3.50. The number of piperidine rings is 1. The van der Waals surface area contributed by atoms with Crippen molar-refractivity contribution in [2.24, 2.45) is 0 Å². The Balaban J connectivity index is 1.34. The molecule has 2 aliphatic rings. The fraction of sp³-hybridized carbons (Fsp3) is 0.444. The molecule has 3 aromatic heterocycles. The van der Waals surface area contributed by atoms with Gasteiger partial charge < -0.3 is 9.80 Å². The van der Waals surface area contributed by atoms with Crippen molar-refractivity contribution in [3.05, 3.63) is 43.0 Å². The van der Waals surface area contributed by atoms with Crippen molar-refractivity contribution in [3.8, 4) is 0 Å². The summed E-state index contributed by atoms with van der Waals surface area (Å²) in [6, 6.07) is 9.24. The Labute approximate surface area is 146 Å². The Bertz CT molecular complexity index is 850. The molecule has 4 heterocycles. The molecular formula is C18H21N7. The molecule has 2 fully saturated rings. The van der Waals surface area contributed by atoms with E-state index in [0.717, 1.165) is 43.3 Å². The van der Waals surface area contributed by atoms with Crippen molar-refractivity contribution in [1.29, 1.82) is 0 Å². The first-order valence-electron chi connectivity index (χ1n) is 8.99. The maximum atomic E-state index is 4.50. The van der Waals surface area contributed by atoms with E-state index >= 15 is 0 Å². The zero-order valence-corrected chi connectivity index (χ0v) is 14.1. The molecule has 0 spiro atoms. The molecule has 1 aliphatic carbocycles. The van der Waals surface area contributed by atoms with Crippen LogP contribution in [0, 0.1) is 0 Å². The minimum absolute atomic E-state index is 0.540. The van der Waals surface area contributed by atoms with Crippen LogP contribution in [0.25, 0.3) is 5.65 Å². The number of anilines is 2. The van der Waals surface area contributed by atoms with Crippen LogP contribution in [0.4, 0.5) is 11.8 Å². The lowest BCUT2D eigenvalue weighted by Gasteiger charge is -2.39. The lowest BCUT2D eigenvalue weighted by Crippen LogP contribution is -2.47. The average Bonchev–Trinajstić information content (AvgIpc) is 3.41. The van der Waals surface area contributed by atoms with Gasteiger partial charge in [-0.1, -0.05) is 6.07 Å². The van der Waals surface area contributed by atoms with Crippen molar-refractivity contribution < 1.29 is 0 Å². The van der Waals surface area contributed by atoms with E-state index in [1.54, 1.807) is 6.33 Å². The van der Waals surface area contributed by atoms with Crippen LogP contribution in [0.5, 0.6) is 0 Å². The molecule has 25 heavy (non-hydrogen) atoms. The molecule has 1 aliphatic heterocycles. The maximum Gasteiger partial charge on any atom is 0.231 e. The molecule has 1 saturated heterocycles. The normalized spacial score (nSPS) is 18.6. The number of hydrogen-bond donors (Lipinski definition) is 0. The Morgan fingerprint density at radius 3 is 2.56 bits per heavy atom. The van der Waals surface area contributed by atoms with E-state index in [2.05, 4.69) is 34.4 Å². The molecule has 7 nitrogen and oxygen atoms in total. The molecule has 1 saturated carbocycles. The highest BCUT2D eigenvalue weighted by molar-refractivity contribution is 5.47. The first-order chi connectivity index (χ1) is 12.4. The summed E-state index contributed by atoms with van der Waals surface area (Å²) >= 11 is 0. The van der Waals surface area contributed by atoms with Gasteiger partial charge in [-0.2, -0.15) is 0 Å². The average molecular weight is 335 g/mol. The molecule has 0 radical (unpaired) electrons. The van der Waals surface area contributed by atoms with Crippen LogP contribution in [0.15, 0.2) is 43.0 Å². The quantitative estimate of drug-likeness (QED) is 0.728. The van der Waals surface area contributed by atoms with E-state index in [4.69, 9.17) is 0 Å². The fourth-order valence-electron chi connectivity index (χ4n) is 3.85. The molecule has 0 N–H and O–H groups in total. The summed E-state index contributed by atoms with van der Waals surface area (Å²) < 4.78 is 2.07. The van der Waals surface area contributed by atoms with Gasteiger partial charge in [0, 0.05) is 37.6 Å². The summed E-state index contributed by atoms with van der Waals surface area (Å²) in [6.07, 6.45) is 10.3. The van der Waals surface area contributed by atoms with E-state index in [9.17, 15) is 0 Å². The number of nitrogens with zero attached hydrogens (tertiary/aromatic N) is 7. The largest absolute Gasteiger partial charge is 0.350 e. The van der Waals surface area contributed by atoms with Gasteiger partial charge in [0.2, 0.25) is 5.95 Å². The molecule has 128 valence electrons. The van der Waals surface area contributed by atoms with Crippen molar-refractivity contribution in [1.82, 2.24) is 24.6 Å². The second kappa shape index (κ2) is 5.98. The maximum absolute atomic E-state index is 4.50. The monoisotopic (exact) mass is 335 g/mol.